The summed E-state index contributed by atoms with van der Waals surface area (Å²) in [5.41, 5.74) is 4.20. The van der Waals surface area contributed by atoms with Crippen LogP contribution in [0, 0.1) is 13.8 Å². The second kappa shape index (κ2) is 8.01. The number of sulfone groups is 1. The molecule has 2 heterocycles. The molecular weight excluding hydrogens is 434 g/mol. The number of fused-ring (bicyclic) bond motifs is 3. The van der Waals surface area contributed by atoms with E-state index in [1.807, 2.05) is 32.0 Å². The minimum absolute atomic E-state index is 0.0860. The van der Waals surface area contributed by atoms with Crippen molar-refractivity contribution >= 4 is 27.1 Å². The Morgan fingerprint density at radius 3 is 2.45 bits per heavy atom. The molecule has 4 rings (SSSR count). The number of benzene rings is 2. The number of thiophene rings is 1. The maximum atomic E-state index is 12.8. The summed E-state index contributed by atoms with van der Waals surface area (Å²) in [5.74, 6) is 0.885. The SMILES string of the molecule is COc1ccc(CNC(=O)c2cc3c(s2)-c2cc(C)c(C)cc2S(=O)(=O)C3)cc1OC. The average molecular weight is 458 g/mol. The van der Waals surface area contributed by atoms with Gasteiger partial charge in [-0.3, -0.25) is 4.79 Å². The van der Waals surface area contributed by atoms with Gasteiger partial charge in [0, 0.05) is 17.0 Å². The van der Waals surface area contributed by atoms with Crippen LogP contribution >= 0.6 is 11.3 Å². The summed E-state index contributed by atoms with van der Waals surface area (Å²) in [7, 11) is -0.298. The molecule has 8 heteroatoms. The van der Waals surface area contributed by atoms with Crippen molar-refractivity contribution in [1.29, 1.82) is 0 Å². The molecule has 1 aliphatic rings. The van der Waals surface area contributed by atoms with Crippen LogP contribution in [0.2, 0.25) is 0 Å². The van der Waals surface area contributed by atoms with Gasteiger partial charge in [-0.2, -0.15) is 0 Å². The zero-order valence-electron chi connectivity index (χ0n) is 17.7. The molecule has 0 fully saturated rings. The molecule has 0 spiro atoms. The number of ether oxygens (including phenoxy) is 2. The molecule has 0 saturated heterocycles. The fourth-order valence-corrected chi connectivity index (χ4v) is 6.57. The Bertz CT molecular complexity index is 1290. The first-order valence-corrected chi connectivity index (χ1v) is 12.2. The summed E-state index contributed by atoms with van der Waals surface area (Å²) < 4.78 is 36.1. The molecule has 3 aromatic rings. The normalized spacial score (nSPS) is 13.8. The lowest BCUT2D eigenvalue weighted by Crippen LogP contribution is -2.21. The van der Waals surface area contributed by atoms with Gasteiger partial charge < -0.3 is 14.8 Å². The molecule has 1 amide bonds. The lowest BCUT2D eigenvalue weighted by Gasteiger charge is -2.18. The van der Waals surface area contributed by atoms with E-state index in [0.29, 0.717) is 38.9 Å². The highest BCUT2D eigenvalue weighted by molar-refractivity contribution is 7.91. The van der Waals surface area contributed by atoms with Crippen LogP contribution in [0.4, 0.5) is 0 Å². The van der Waals surface area contributed by atoms with Crippen molar-refractivity contribution in [1.82, 2.24) is 5.32 Å². The van der Waals surface area contributed by atoms with Gasteiger partial charge in [-0.1, -0.05) is 6.07 Å². The van der Waals surface area contributed by atoms with Crippen molar-refractivity contribution < 1.29 is 22.7 Å². The topological polar surface area (TPSA) is 81.7 Å². The van der Waals surface area contributed by atoms with E-state index in [1.165, 1.54) is 11.3 Å². The lowest BCUT2D eigenvalue weighted by atomic mass is 10.0. The summed E-state index contributed by atoms with van der Waals surface area (Å²) in [4.78, 5) is 14.5. The van der Waals surface area contributed by atoms with Crippen LogP contribution in [0.3, 0.4) is 0 Å². The third kappa shape index (κ3) is 3.93. The Kier molecular flexibility index (Phi) is 5.53. The molecule has 0 unspecified atom stereocenters. The highest BCUT2D eigenvalue weighted by Crippen LogP contribution is 2.43. The van der Waals surface area contributed by atoms with Crippen molar-refractivity contribution in [3.05, 3.63) is 63.5 Å². The van der Waals surface area contributed by atoms with Crippen LogP contribution in [-0.4, -0.2) is 28.5 Å². The zero-order chi connectivity index (χ0) is 22.3. The molecule has 1 N–H and O–H groups in total. The summed E-state index contributed by atoms with van der Waals surface area (Å²) in [5, 5.41) is 2.90. The molecule has 2 aromatic carbocycles. The molecule has 0 bridgehead atoms. The third-order valence-electron chi connectivity index (χ3n) is 5.45. The highest BCUT2D eigenvalue weighted by atomic mass is 32.2. The number of rotatable bonds is 5. The summed E-state index contributed by atoms with van der Waals surface area (Å²) in [6.07, 6.45) is 0. The molecular formula is C23H23NO5S2. The Labute approximate surface area is 185 Å². The third-order valence-corrected chi connectivity index (χ3v) is 8.36. The Hall–Kier alpha value is -2.84. The van der Waals surface area contributed by atoms with E-state index in [1.54, 1.807) is 32.4 Å². The number of carbonyl (C=O) groups is 1. The van der Waals surface area contributed by atoms with Gasteiger partial charge in [-0.25, -0.2) is 8.42 Å². The number of methoxy groups -OCH3 is 2. The summed E-state index contributed by atoms with van der Waals surface area (Å²) in [6.45, 7) is 4.18. The van der Waals surface area contributed by atoms with Crippen molar-refractivity contribution in [2.45, 2.75) is 31.0 Å². The molecule has 0 atom stereocenters. The first-order chi connectivity index (χ1) is 14.7. The second-order valence-electron chi connectivity index (χ2n) is 7.53. The highest BCUT2D eigenvalue weighted by Gasteiger charge is 2.31. The maximum absolute atomic E-state index is 12.8. The van der Waals surface area contributed by atoms with Gasteiger partial charge in [0.15, 0.2) is 21.3 Å². The van der Waals surface area contributed by atoms with Crippen molar-refractivity contribution in [2.24, 2.45) is 0 Å². The van der Waals surface area contributed by atoms with Gasteiger partial charge in [-0.15, -0.1) is 11.3 Å². The van der Waals surface area contributed by atoms with Crippen LogP contribution in [0.25, 0.3) is 10.4 Å². The summed E-state index contributed by atoms with van der Waals surface area (Å²) >= 11 is 1.33. The Morgan fingerprint density at radius 1 is 1.03 bits per heavy atom. The quantitative estimate of drug-likeness (QED) is 0.619. The van der Waals surface area contributed by atoms with Gasteiger partial charge >= 0.3 is 0 Å². The molecule has 162 valence electrons. The van der Waals surface area contributed by atoms with Crippen molar-refractivity contribution in [3.8, 4) is 21.9 Å². The largest absolute Gasteiger partial charge is 0.493 e. The number of amides is 1. The minimum atomic E-state index is -3.43. The lowest BCUT2D eigenvalue weighted by molar-refractivity contribution is 0.0955. The van der Waals surface area contributed by atoms with E-state index in [9.17, 15) is 13.2 Å². The van der Waals surface area contributed by atoms with Crippen LogP contribution in [0.15, 0.2) is 41.3 Å². The predicted molar refractivity (Wildman–Crippen MR) is 121 cm³/mol. The van der Waals surface area contributed by atoms with Crippen LogP contribution in [0.5, 0.6) is 11.5 Å². The first-order valence-electron chi connectivity index (χ1n) is 9.69. The van der Waals surface area contributed by atoms with E-state index >= 15 is 0 Å². The van der Waals surface area contributed by atoms with Crippen molar-refractivity contribution in [2.75, 3.05) is 14.2 Å². The monoisotopic (exact) mass is 457 g/mol. The van der Waals surface area contributed by atoms with E-state index < -0.39 is 9.84 Å². The summed E-state index contributed by atoms with van der Waals surface area (Å²) in [6, 6.07) is 10.8. The van der Waals surface area contributed by atoms with Gasteiger partial charge in [0.1, 0.15) is 0 Å². The zero-order valence-corrected chi connectivity index (χ0v) is 19.4. The standard InChI is InChI=1S/C23H23NO5S2/c1-13-7-17-21(8-14(13)2)31(26,27)12-16-10-20(30-22(16)17)23(25)24-11-15-5-6-18(28-3)19(9-15)29-4/h5-10H,11-12H2,1-4H3,(H,24,25). The maximum Gasteiger partial charge on any atom is 0.261 e. The first kappa shape index (κ1) is 21.4. The van der Waals surface area contributed by atoms with E-state index in [0.717, 1.165) is 21.6 Å². The number of hydrogen-bond donors (Lipinski definition) is 1. The molecule has 0 radical (unpaired) electrons. The van der Waals surface area contributed by atoms with Crippen LogP contribution in [0.1, 0.15) is 31.9 Å². The Morgan fingerprint density at radius 2 is 1.74 bits per heavy atom. The van der Waals surface area contributed by atoms with Crippen molar-refractivity contribution in [3.63, 3.8) is 0 Å². The van der Waals surface area contributed by atoms with Gasteiger partial charge in [0.05, 0.1) is 29.7 Å². The average Bonchev–Trinajstić information content (AvgIpc) is 3.16. The number of aryl methyl sites for hydroxylation is 2. The van der Waals surface area contributed by atoms with Crippen LogP contribution < -0.4 is 14.8 Å². The van der Waals surface area contributed by atoms with Gasteiger partial charge in [0.2, 0.25) is 0 Å². The van der Waals surface area contributed by atoms with Gasteiger partial charge in [0.25, 0.3) is 5.91 Å². The smallest absolute Gasteiger partial charge is 0.261 e. The molecule has 6 nitrogen and oxygen atoms in total. The van der Waals surface area contributed by atoms with E-state index in [4.69, 9.17) is 9.47 Å². The molecule has 0 aliphatic carbocycles. The number of nitrogens with one attached hydrogen (secondary N) is 1. The number of carbonyl (C=O) groups excluding carboxylic acids is 1. The predicted octanol–water partition coefficient (Wildman–Crippen LogP) is 4.27. The molecule has 1 aromatic heterocycles. The van der Waals surface area contributed by atoms with Gasteiger partial charge in [-0.05, 0) is 66.4 Å². The van der Waals surface area contributed by atoms with E-state index in [2.05, 4.69) is 5.32 Å². The number of hydrogen-bond acceptors (Lipinski definition) is 6. The van der Waals surface area contributed by atoms with E-state index in [-0.39, 0.29) is 11.7 Å². The van der Waals surface area contributed by atoms with Crippen LogP contribution in [-0.2, 0) is 22.1 Å². The minimum Gasteiger partial charge on any atom is -0.493 e. The Balaban J connectivity index is 1.60. The molecule has 0 saturated carbocycles. The second-order valence-corrected chi connectivity index (χ2v) is 10.5. The fraction of sp³-hybridized carbons (Fsp3) is 0.261. The molecule has 31 heavy (non-hydrogen) atoms. The fourth-order valence-electron chi connectivity index (χ4n) is 3.64. The molecule has 1 aliphatic heterocycles.